The second-order valence-corrected chi connectivity index (χ2v) is 4.44. The Bertz CT molecular complexity index is 280. The molecule has 1 aliphatic heterocycles. The molecule has 1 unspecified atom stereocenters. The molecule has 1 aliphatic carbocycles. The quantitative estimate of drug-likeness (QED) is 0.694. The van der Waals surface area contributed by atoms with Gasteiger partial charge in [-0.05, 0) is 12.5 Å². The average Bonchev–Trinajstić information content (AvgIpc) is 2.32. The zero-order valence-electron chi connectivity index (χ0n) is 9.68. The van der Waals surface area contributed by atoms with Crippen LogP contribution >= 0.6 is 0 Å². The van der Waals surface area contributed by atoms with E-state index in [1.165, 1.54) is 5.70 Å². The average molecular weight is 223 g/mol. The van der Waals surface area contributed by atoms with Gasteiger partial charge in [-0.2, -0.15) is 0 Å². The Labute approximate surface area is 97.0 Å². The molecule has 4 nitrogen and oxygen atoms in total. The summed E-state index contributed by atoms with van der Waals surface area (Å²) in [6.45, 7) is 5.23. The summed E-state index contributed by atoms with van der Waals surface area (Å²) >= 11 is 0. The molecule has 0 saturated carbocycles. The van der Waals surface area contributed by atoms with Crippen LogP contribution in [0.3, 0.4) is 0 Å². The van der Waals surface area contributed by atoms with Gasteiger partial charge in [0, 0.05) is 44.5 Å². The second kappa shape index (κ2) is 5.48. The van der Waals surface area contributed by atoms with E-state index < -0.39 is 0 Å². The fraction of sp³-hybridized carbons (Fsp3) is 0.667. The fourth-order valence-corrected chi connectivity index (χ4v) is 2.23. The third-order valence-corrected chi connectivity index (χ3v) is 3.27. The van der Waals surface area contributed by atoms with Crippen molar-refractivity contribution >= 4 is 0 Å². The summed E-state index contributed by atoms with van der Waals surface area (Å²) in [5, 5.41) is 8.87. The van der Waals surface area contributed by atoms with Crippen LogP contribution in [-0.4, -0.2) is 60.3 Å². The van der Waals surface area contributed by atoms with Gasteiger partial charge in [-0.1, -0.05) is 12.2 Å². The fourth-order valence-electron chi connectivity index (χ4n) is 2.23. The van der Waals surface area contributed by atoms with Crippen molar-refractivity contribution in [3.63, 3.8) is 0 Å². The molecule has 1 saturated heterocycles. The lowest BCUT2D eigenvalue weighted by Crippen LogP contribution is -2.46. The monoisotopic (exact) mass is 223 g/mol. The van der Waals surface area contributed by atoms with Crippen LogP contribution in [-0.2, 0) is 0 Å². The Kier molecular flexibility index (Phi) is 3.98. The van der Waals surface area contributed by atoms with Crippen LogP contribution in [0.1, 0.15) is 6.42 Å². The third kappa shape index (κ3) is 2.84. The van der Waals surface area contributed by atoms with Crippen LogP contribution in [0.2, 0.25) is 0 Å². The maximum Gasteiger partial charge on any atom is 0.0558 e. The molecule has 2 rings (SSSR count). The molecule has 0 amide bonds. The lowest BCUT2D eigenvalue weighted by Gasteiger charge is -2.37. The Morgan fingerprint density at radius 1 is 1.31 bits per heavy atom. The van der Waals surface area contributed by atoms with Gasteiger partial charge in [0.1, 0.15) is 0 Å². The molecule has 0 radical (unpaired) electrons. The number of aliphatic hydroxyl groups excluding tert-OH is 1. The summed E-state index contributed by atoms with van der Waals surface area (Å²) in [4.78, 5) is 4.70. The number of aliphatic hydroxyl groups is 1. The molecule has 0 aromatic carbocycles. The van der Waals surface area contributed by atoms with Gasteiger partial charge in [-0.25, -0.2) is 0 Å². The van der Waals surface area contributed by atoms with Crippen molar-refractivity contribution in [2.24, 2.45) is 5.73 Å². The smallest absolute Gasteiger partial charge is 0.0558 e. The van der Waals surface area contributed by atoms with Gasteiger partial charge in [-0.15, -0.1) is 0 Å². The summed E-state index contributed by atoms with van der Waals surface area (Å²) in [6.07, 6.45) is 7.39. The number of hydrogen-bond donors (Lipinski definition) is 2. The highest BCUT2D eigenvalue weighted by molar-refractivity contribution is 5.24. The number of nitrogens with two attached hydrogens (primary N) is 1. The van der Waals surface area contributed by atoms with E-state index in [2.05, 4.69) is 28.0 Å². The molecule has 2 aliphatic rings. The SMILES string of the molecule is NC1C=CC(N2CCN(CCO)CC2)=CC1. The Morgan fingerprint density at radius 2 is 2.06 bits per heavy atom. The summed E-state index contributed by atoms with van der Waals surface area (Å²) in [6, 6.07) is 0.194. The van der Waals surface area contributed by atoms with E-state index in [4.69, 9.17) is 10.8 Å². The maximum atomic E-state index is 8.87. The minimum atomic E-state index is 0.194. The van der Waals surface area contributed by atoms with Crippen molar-refractivity contribution in [3.05, 3.63) is 23.9 Å². The zero-order valence-corrected chi connectivity index (χ0v) is 9.68. The number of rotatable bonds is 3. The summed E-state index contributed by atoms with van der Waals surface area (Å²) in [5.74, 6) is 0. The van der Waals surface area contributed by atoms with E-state index in [0.29, 0.717) is 0 Å². The van der Waals surface area contributed by atoms with Crippen LogP contribution in [0.5, 0.6) is 0 Å². The number of allylic oxidation sites excluding steroid dienone is 1. The molecule has 0 bridgehead atoms. The van der Waals surface area contributed by atoms with Crippen LogP contribution in [0.25, 0.3) is 0 Å². The normalized spacial score (nSPS) is 27.0. The first-order valence-electron chi connectivity index (χ1n) is 6.01. The second-order valence-electron chi connectivity index (χ2n) is 4.44. The number of hydrogen-bond acceptors (Lipinski definition) is 4. The summed E-state index contributed by atoms with van der Waals surface area (Å²) in [7, 11) is 0. The van der Waals surface area contributed by atoms with Gasteiger partial charge < -0.3 is 15.7 Å². The first-order chi connectivity index (χ1) is 7.79. The first-order valence-corrected chi connectivity index (χ1v) is 6.01. The van der Waals surface area contributed by atoms with Crippen molar-refractivity contribution in [1.29, 1.82) is 0 Å². The van der Waals surface area contributed by atoms with E-state index >= 15 is 0 Å². The van der Waals surface area contributed by atoms with Crippen molar-refractivity contribution in [2.75, 3.05) is 39.3 Å². The maximum absolute atomic E-state index is 8.87. The first kappa shape index (κ1) is 11.6. The highest BCUT2D eigenvalue weighted by atomic mass is 16.3. The van der Waals surface area contributed by atoms with Crippen LogP contribution in [0.15, 0.2) is 23.9 Å². The van der Waals surface area contributed by atoms with Gasteiger partial charge in [-0.3, -0.25) is 4.90 Å². The Morgan fingerprint density at radius 3 is 2.62 bits per heavy atom. The molecular weight excluding hydrogens is 202 g/mol. The topological polar surface area (TPSA) is 52.7 Å². The predicted molar refractivity (Wildman–Crippen MR) is 64.9 cm³/mol. The molecule has 3 N–H and O–H groups in total. The molecule has 0 aromatic rings. The van der Waals surface area contributed by atoms with E-state index in [9.17, 15) is 0 Å². The van der Waals surface area contributed by atoms with Gasteiger partial charge in [0.05, 0.1) is 6.61 Å². The minimum absolute atomic E-state index is 0.194. The van der Waals surface area contributed by atoms with Crippen molar-refractivity contribution < 1.29 is 5.11 Å². The molecule has 4 heteroatoms. The van der Waals surface area contributed by atoms with Gasteiger partial charge in [0.25, 0.3) is 0 Å². The number of β-amino-alcohol motifs (C(OH)–C–C–N with tert-alkyl or cyclic N) is 1. The van der Waals surface area contributed by atoms with Crippen molar-refractivity contribution in [3.8, 4) is 0 Å². The van der Waals surface area contributed by atoms with Crippen LogP contribution in [0, 0.1) is 0 Å². The molecule has 0 aromatic heterocycles. The largest absolute Gasteiger partial charge is 0.395 e. The molecule has 16 heavy (non-hydrogen) atoms. The number of nitrogens with zero attached hydrogens (tertiary/aromatic N) is 2. The van der Waals surface area contributed by atoms with Crippen LogP contribution in [0.4, 0.5) is 0 Å². The highest BCUT2D eigenvalue weighted by Crippen LogP contribution is 2.15. The zero-order chi connectivity index (χ0) is 11.4. The molecule has 1 heterocycles. The van der Waals surface area contributed by atoms with Crippen molar-refractivity contribution in [1.82, 2.24) is 9.80 Å². The highest BCUT2D eigenvalue weighted by Gasteiger charge is 2.18. The molecule has 0 spiro atoms. The van der Waals surface area contributed by atoms with E-state index in [1.807, 2.05) is 0 Å². The predicted octanol–water partition coefficient (Wildman–Crippen LogP) is -0.233. The van der Waals surface area contributed by atoms with Crippen molar-refractivity contribution in [2.45, 2.75) is 12.5 Å². The van der Waals surface area contributed by atoms with E-state index in [0.717, 1.165) is 39.1 Å². The standard InChI is InChI=1S/C12H21N3O/c13-11-1-3-12(4-2-11)15-7-5-14(6-8-15)9-10-16/h1,3-4,11,16H,2,5-10,13H2. The summed E-state index contributed by atoms with van der Waals surface area (Å²) < 4.78 is 0. The third-order valence-electron chi connectivity index (χ3n) is 3.27. The van der Waals surface area contributed by atoms with E-state index in [1.54, 1.807) is 0 Å². The minimum Gasteiger partial charge on any atom is -0.395 e. The number of piperazine rings is 1. The van der Waals surface area contributed by atoms with Crippen LogP contribution < -0.4 is 5.73 Å². The van der Waals surface area contributed by atoms with E-state index in [-0.39, 0.29) is 12.6 Å². The molecule has 90 valence electrons. The van der Waals surface area contributed by atoms with Gasteiger partial charge in [0.15, 0.2) is 0 Å². The molecule has 1 fully saturated rings. The Balaban J connectivity index is 1.83. The Hall–Kier alpha value is -0.840. The molecule has 1 atom stereocenters. The van der Waals surface area contributed by atoms with Gasteiger partial charge >= 0.3 is 0 Å². The van der Waals surface area contributed by atoms with Gasteiger partial charge in [0.2, 0.25) is 0 Å². The molecular formula is C12H21N3O. The summed E-state index contributed by atoms with van der Waals surface area (Å²) in [5.41, 5.74) is 7.11. The lowest BCUT2D eigenvalue weighted by molar-refractivity contribution is 0.133. The lowest BCUT2D eigenvalue weighted by atomic mass is 10.1.